The second-order valence-corrected chi connectivity index (χ2v) is 7.54. The van der Waals surface area contributed by atoms with E-state index < -0.39 is 6.04 Å². The van der Waals surface area contributed by atoms with Gasteiger partial charge in [0, 0.05) is 31.4 Å². The lowest BCUT2D eigenvalue weighted by atomic mass is 10.0. The van der Waals surface area contributed by atoms with Crippen LogP contribution in [-0.4, -0.2) is 41.5 Å². The first kappa shape index (κ1) is 21.3. The van der Waals surface area contributed by atoms with Gasteiger partial charge in [-0.05, 0) is 37.0 Å². The highest BCUT2D eigenvalue weighted by molar-refractivity contribution is 5.89. The van der Waals surface area contributed by atoms with E-state index in [-0.39, 0.29) is 10.9 Å². The van der Waals surface area contributed by atoms with Gasteiger partial charge in [-0.25, -0.2) is 4.79 Å². The largest absolute Gasteiger partial charge is 0.462 e. The molecule has 156 valence electrons. The Hall–Kier alpha value is -3.40. The van der Waals surface area contributed by atoms with E-state index in [0.717, 1.165) is 29.8 Å². The highest BCUT2D eigenvalue weighted by Gasteiger charge is 2.27. The summed E-state index contributed by atoms with van der Waals surface area (Å²) in [5.41, 5.74) is 4.10. The molecular formula is C23H25N3O4. The number of esters is 1. The molecule has 0 saturated carbocycles. The maximum atomic E-state index is 12.0. The highest BCUT2D eigenvalue weighted by atomic mass is 16.6. The molecule has 0 fully saturated rings. The molecular weight excluding hydrogens is 382 g/mol. The molecule has 0 saturated heterocycles. The number of hydrogen-bond acceptors (Lipinski definition) is 6. The Balaban J connectivity index is 1.61. The van der Waals surface area contributed by atoms with Crippen LogP contribution < -0.4 is 0 Å². The van der Waals surface area contributed by atoms with E-state index in [0.29, 0.717) is 43.6 Å². The van der Waals surface area contributed by atoms with Crippen LogP contribution in [0.5, 0.6) is 0 Å². The van der Waals surface area contributed by atoms with Gasteiger partial charge in [0.25, 0.3) is 0 Å². The lowest BCUT2D eigenvalue weighted by molar-refractivity contribution is -0.517. The minimum absolute atomic E-state index is 0.270. The van der Waals surface area contributed by atoms with Crippen LogP contribution in [0.25, 0.3) is 0 Å². The molecule has 1 atom stereocenters. The van der Waals surface area contributed by atoms with Crippen LogP contribution in [0.2, 0.25) is 0 Å². The zero-order valence-corrected chi connectivity index (χ0v) is 17.0. The van der Waals surface area contributed by atoms with E-state index in [2.05, 4.69) is 11.0 Å². The van der Waals surface area contributed by atoms with Crippen molar-refractivity contribution in [3.8, 4) is 6.07 Å². The maximum Gasteiger partial charge on any atom is 0.338 e. The van der Waals surface area contributed by atoms with Gasteiger partial charge in [0.05, 0.1) is 23.4 Å². The molecule has 1 heterocycles. The highest BCUT2D eigenvalue weighted by Crippen LogP contribution is 2.34. The van der Waals surface area contributed by atoms with Crippen molar-refractivity contribution in [2.75, 3.05) is 19.7 Å². The first-order valence-electron chi connectivity index (χ1n) is 10.1. The van der Waals surface area contributed by atoms with E-state index >= 15 is 0 Å². The van der Waals surface area contributed by atoms with Crippen molar-refractivity contribution in [1.82, 2.24) is 4.90 Å². The second kappa shape index (κ2) is 9.88. The quantitative estimate of drug-likeness (QED) is 0.279. The van der Waals surface area contributed by atoms with Crippen molar-refractivity contribution < 1.29 is 14.5 Å². The monoisotopic (exact) mass is 407 g/mol. The number of benzene rings is 1. The summed E-state index contributed by atoms with van der Waals surface area (Å²) in [6.45, 7) is 3.37. The van der Waals surface area contributed by atoms with Gasteiger partial charge in [0.1, 0.15) is 6.07 Å². The fourth-order valence-electron chi connectivity index (χ4n) is 3.80. The van der Waals surface area contributed by atoms with Crippen molar-refractivity contribution in [2.24, 2.45) is 0 Å². The summed E-state index contributed by atoms with van der Waals surface area (Å²) in [7, 11) is 0. The fraction of sp³-hybridized carbons (Fsp3) is 0.391. The molecule has 0 radical (unpaired) electrons. The van der Waals surface area contributed by atoms with Gasteiger partial charge in [0.15, 0.2) is 0 Å². The van der Waals surface area contributed by atoms with Crippen LogP contribution in [0.1, 0.15) is 43.0 Å². The van der Waals surface area contributed by atoms with Gasteiger partial charge in [-0.1, -0.05) is 35.9 Å². The number of nitriles is 1. The van der Waals surface area contributed by atoms with Gasteiger partial charge in [0.2, 0.25) is 6.04 Å². The van der Waals surface area contributed by atoms with Crippen LogP contribution in [0.3, 0.4) is 0 Å². The lowest BCUT2D eigenvalue weighted by Crippen LogP contribution is -2.23. The van der Waals surface area contributed by atoms with Crippen molar-refractivity contribution in [1.29, 1.82) is 5.26 Å². The van der Waals surface area contributed by atoms with Crippen LogP contribution in [0.15, 0.2) is 64.9 Å². The maximum absolute atomic E-state index is 12.0. The zero-order valence-electron chi connectivity index (χ0n) is 17.0. The number of nitrogens with zero attached hydrogens (tertiary/aromatic N) is 3. The summed E-state index contributed by atoms with van der Waals surface area (Å²) in [6, 6.07) is 10.5. The number of allylic oxidation sites excluding steroid dienone is 3. The summed E-state index contributed by atoms with van der Waals surface area (Å²) in [4.78, 5) is 24.9. The molecule has 0 amide bonds. The molecule has 0 spiro atoms. The number of rotatable bonds is 8. The summed E-state index contributed by atoms with van der Waals surface area (Å²) in [6.07, 6.45) is 6.29. The molecule has 1 unspecified atom stereocenters. The number of hydrogen-bond donors (Lipinski definition) is 0. The van der Waals surface area contributed by atoms with Crippen LogP contribution >= 0.6 is 0 Å². The predicted octanol–water partition coefficient (Wildman–Crippen LogP) is 4.03. The molecule has 0 N–H and O–H groups in total. The number of ether oxygens (including phenoxy) is 1. The van der Waals surface area contributed by atoms with E-state index in [1.165, 1.54) is 0 Å². The molecule has 1 aliphatic heterocycles. The van der Waals surface area contributed by atoms with Crippen molar-refractivity contribution in [2.45, 2.75) is 38.6 Å². The Morgan fingerprint density at radius 1 is 1.37 bits per heavy atom. The Morgan fingerprint density at radius 3 is 2.83 bits per heavy atom. The Kier molecular flexibility index (Phi) is 7.02. The Morgan fingerprint density at radius 2 is 2.13 bits per heavy atom. The average Bonchev–Trinajstić information content (AvgIpc) is 3.05. The fourth-order valence-corrected chi connectivity index (χ4v) is 3.80. The topological polar surface area (TPSA) is 96.5 Å². The number of carbonyl (C=O) groups is 1. The third kappa shape index (κ3) is 5.15. The van der Waals surface area contributed by atoms with Gasteiger partial charge in [-0.15, -0.1) is 0 Å². The molecule has 0 aromatic heterocycles. The average molecular weight is 407 g/mol. The third-order valence-electron chi connectivity index (χ3n) is 5.33. The van der Waals surface area contributed by atoms with Crippen LogP contribution in [-0.2, 0) is 4.74 Å². The second-order valence-electron chi connectivity index (χ2n) is 7.54. The van der Waals surface area contributed by atoms with E-state index in [1.54, 1.807) is 31.2 Å². The molecule has 1 aromatic rings. The zero-order chi connectivity index (χ0) is 21.5. The van der Waals surface area contributed by atoms with E-state index in [4.69, 9.17) is 4.74 Å². The lowest BCUT2D eigenvalue weighted by Gasteiger charge is -2.22. The Labute approximate surface area is 176 Å². The summed E-state index contributed by atoms with van der Waals surface area (Å²) in [5, 5.41) is 20.6. The molecule has 30 heavy (non-hydrogen) atoms. The molecule has 0 bridgehead atoms. The molecule has 7 nitrogen and oxygen atoms in total. The van der Waals surface area contributed by atoms with Crippen molar-refractivity contribution in [3.05, 3.63) is 80.6 Å². The van der Waals surface area contributed by atoms with Gasteiger partial charge < -0.3 is 9.64 Å². The van der Waals surface area contributed by atoms with Gasteiger partial charge in [-0.2, -0.15) is 5.26 Å². The first-order chi connectivity index (χ1) is 14.5. The van der Waals surface area contributed by atoms with Crippen LogP contribution in [0, 0.1) is 21.4 Å². The predicted molar refractivity (Wildman–Crippen MR) is 112 cm³/mol. The van der Waals surface area contributed by atoms with Gasteiger partial charge in [-0.3, -0.25) is 10.1 Å². The third-order valence-corrected chi connectivity index (χ3v) is 5.33. The van der Waals surface area contributed by atoms with Crippen LogP contribution in [0.4, 0.5) is 0 Å². The minimum Gasteiger partial charge on any atom is -0.462 e. The molecule has 1 aromatic carbocycles. The normalized spacial score (nSPS) is 16.7. The first-order valence-corrected chi connectivity index (χ1v) is 10.1. The summed E-state index contributed by atoms with van der Waals surface area (Å²) < 4.78 is 5.35. The Bertz CT molecular complexity index is 941. The van der Waals surface area contributed by atoms with E-state index in [1.807, 2.05) is 18.2 Å². The smallest absolute Gasteiger partial charge is 0.338 e. The summed E-state index contributed by atoms with van der Waals surface area (Å²) >= 11 is 0. The standard InChI is InChI=1S/C23H25N3O4/c1-17(26(28)29)14-18-8-9-21(16-24)22-20(15-18)10-12-25(22)11-5-13-30-23(27)19-6-3-2-4-7-19/h2-4,6-7,9,15,17H,5,8,10-14H2,1H3. The van der Waals surface area contributed by atoms with Gasteiger partial charge >= 0.3 is 5.97 Å². The van der Waals surface area contributed by atoms with E-state index in [9.17, 15) is 20.2 Å². The molecule has 3 rings (SSSR count). The molecule has 1 aliphatic carbocycles. The van der Waals surface area contributed by atoms with Crippen molar-refractivity contribution in [3.63, 3.8) is 0 Å². The minimum atomic E-state index is -0.644. The summed E-state index contributed by atoms with van der Waals surface area (Å²) in [5.74, 6) is -0.337. The molecule has 7 heteroatoms. The SMILES string of the molecule is CC(CC1=CC2=C(C(C#N)=CC1)N(CCCOC(=O)c1ccccc1)CC2)[N+](=O)[O-]. The molecule has 2 aliphatic rings. The number of carbonyl (C=O) groups excluding carboxylic acids is 1. The number of nitro groups is 1. The van der Waals surface area contributed by atoms with Crippen molar-refractivity contribution >= 4 is 5.97 Å².